The SMILES string of the molecule is CN1C(=O)C(=Cc2ccc(C(=O)Nc3nccs3)cc2)SC1=S. The summed E-state index contributed by atoms with van der Waals surface area (Å²) in [5.41, 5.74) is 1.37. The van der Waals surface area contributed by atoms with Gasteiger partial charge in [0.25, 0.3) is 11.8 Å². The van der Waals surface area contributed by atoms with Crippen LogP contribution in [0.2, 0.25) is 0 Å². The van der Waals surface area contributed by atoms with Gasteiger partial charge in [0.1, 0.15) is 4.32 Å². The first kappa shape index (κ1) is 15.9. The molecule has 0 unspecified atom stereocenters. The van der Waals surface area contributed by atoms with Crippen molar-refractivity contribution in [2.75, 3.05) is 12.4 Å². The molecule has 1 saturated heterocycles. The summed E-state index contributed by atoms with van der Waals surface area (Å²) in [6.07, 6.45) is 3.40. The van der Waals surface area contributed by atoms with Crippen molar-refractivity contribution in [1.29, 1.82) is 0 Å². The van der Waals surface area contributed by atoms with E-state index >= 15 is 0 Å². The zero-order valence-electron chi connectivity index (χ0n) is 12.0. The van der Waals surface area contributed by atoms with E-state index in [2.05, 4.69) is 10.3 Å². The lowest BCUT2D eigenvalue weighted by atomic mass is 10.1. The van der Waals surface area contributed by atoms with Crippen LogP contribution in [0, 0.1) is 0 Å². The number of carbonyl (C=O) groups excluding carboxylic acids is 2. The number of thiazole rings is 1. The van der Waals surface area contributed by atoms with Crippen molar-refractivity contribution in [3.05, 3.63) is 51.9 Å². The molecule has 1 fully saturated rings. The molecular formula is C15H11N3O2S3. The number of likely N-dealkylation sites (N-methyl/N-ethyl adjacent to an activating group) is 1. The van der Waals surface area contributed by atoms with Gasteiger partial charge in [-0.2, -0.15) is 0 Å². The molecule has 0 saturated carbocycles. The Morgan fingerprint density at radius 3 is 2.65 bits per heavy atom. The van der Waals surface area contributed by atoms with Crippen molar-refractivity contribution in [3.8, 4) is 0 Å². The Morgan fingerprint density at radius 2 is 2.09 bits per heavy atom. The van der Waals surface area contributed by atoms with Crippen molar-refractivity contribution in [2.24, 2.45) is 0 Å². The van der Waals surface area contributed by atoms with Crippen LogP contribution in [0.25, 0.3) is 6.08 Å². The molecule has 2 heterocycles. The summed E-state index contributed by atoms with van der Waals surface area (Å²) in [6, 6.07) is 7.00. The molecule has 3 rings (SSSR count). The van der Waals surface area contributed by atoms with Crippen LogP contribution >= 0.6 is 35.3 Å². The highest BCUT2D eigenvalue weighted by Gasteiger charge is 2.28. The van der Waals surface area contributed by atoms with Crippen molar-refractivity contribution in [2.45, 2.75) is 0 Å². The molecule has 0 aliphatic carbocycles. The van der Waals surface area contributed by atoms with Crippen molar-refractivity contribution >= 4 is 62.7 Å². The molecule has 1 aliphatic heterocycles. The van der Waals surface area contributed by atoms with E-state index in [0.29, 0.717) is 19.9 Å². The lowest BCUT2D eigenvalue weighted by Crippen LogP contribution is -2.22. The first-order valence-electron chi connectivity index (χ1n) is 6.57. The molecule has 2 amide bonds. The molecule has 0 radical (unpaired) electrons. The van der Waals surface area contributed by atoms with Crippen LogP contribution in [0.5, 0.6) is 0 Å². The highest BCUT2D eigenvalue weighted by molar-refractivity contribution is 8.26. The maximum Gasteiger partial charge on any atom is 0.265 e. The van der Waals surface area contributed by atoms with Gasteiger partial charge in [-0.3, -0.25) is 19.8 Å². The van der Waals surface area contributed by atoms with E-state index in [-0.39, 0.29) is 11.8 Å². The maximum absolute atomic E-state index is 12.1. The van der Waals surface area contributed by atoms with Crippen LogP contribution < -0.4 is 5.32 Å². The molecule has 5 nitrogen and oxygen atoms in total. The van der Waals surface area contributed by atoms with Crippen LogP contribution in [-0.2, 0) is 4.79 Å². The van der Waals surface area contributed by atoms with E-state index in [0.717, 1.165) is 5.56 Å². The molecule has 0 spiro atoms. The molecule has 1 aromatic carbocycles. The minimum absolute atomic E-state index is 0.106. The third kappa shape index (κ3) is 3.49. The van der Waals surface area contributed by atoms with Gasteiger partial charge in [0.2, 0.25) is 0 Å². The van der Waals surface area contributed by atoms with Gasteiger partial charge in [0.15, 0.2) is 5.13 Å². The Hall–Kier alpha value is -2.03. The van der Waals surface area contributed by atoms with E-state index in [9.17, 15) is 9.59 Å². The van der Waals surface area contributed by atoms with Gasteiger partial charge in [-0.25, -0.2) is 4.98 Å². The Morgan fingerprint density at radius 1 is 1.35 bits per heavy atom. The number of nitrogens with one attached hydrogen (secondary N) is 1. The second-order valence-electron chi connectivity index (χ2n) is 4.65. The van der Waals surface area contributed by atoms with Crippen LogP contribution in [0.15, 0.2) is 40.7 Å². The van der Waals surface area contributed by atoms with Crippen LogP contribution in [0.3, 0.4) is 0 Å². The number of amides is 2. The van der Waals surface area contributed by atoms with Gasteiger partial charge in [0, 0.05) is 24.2 Å². The normalized spacial score (nSPS) is 16.2. The number of aromatic nitrogens is 1. The maximum atomic E-state index is 12.1. The fourth-order valence-corrected chi connectivity index (χ4v) is 3.59. The predicted octanol–water partition coefficient (Wildman–Crippen LogP) is 3.23. The molecular weight excluding hydrogens is 350 g/mol. The van der Waals surface area contributed by atoms with Crippen LogP contribution in [0.1, 0.15) is 15.9 Å². The number of hydrogen-bond donors (Lipinski definition) is 1. The molecule has 0 atom stereocenters. The first-order chi connectivity index (χ1) is 11.0. The number of thiocarbonyl (C=S) groups is 1. The molecule has 2 aromatic rings. The minimum Gasteiger partial charge on any atom is -0.298 e. The van der Waals surface area contributed by atoms with E-state index in [1.807, 2.05) is 0 Å². The summed E-state index contributed by atoms with van der Waals surface area (Å²) in [7, 11) is 1.66. The van der Waals surface area contributed by atoms with Crippen molar-refractivity contribution < 1.29 is 9.59 Å². The largest absolute Gasteiger partial charge is 0.298 e. The molecule has 116 valence electrons. The van der Waals surface area contributed by atoms with Gasteiger partial charge in [-0.15, -0.1) is 11.3 Å². The van der Waals surface area contributed by atoms with Gasteiger partial charge in [-0.1, -0.05) is 36.1 Å². The molecule has 23 heavy (non-hydrogen) atoms. The first-order valence-corrected chi connectivity index (χ1v) is 8.67. The minimum atomic E-state index is -0.216. The third-order valence-corrected chi connectivity index (χ3v) is 5.28. The predicted molar refractivity (Wildman–Crippen MR) is 97.4 cm³/mol. The zero-order chi connectivity index (χ0) is 16.4. The van der Waals surface area contributed by atoms with Gasteiger partial charge >= 0.3 is 0 Å². The second kappa shape index (κ2) is 6.61. The Kier molecular flexibility index (Phi) is 4.56. The fraction of sp³-hybridized carbons (Fsp3) is 0.0667. The van der Waals surface area contributed by atoms with E-state index < -0.39 is 0 Å². The number of carbonyl (C=O) groups is 2. The Bertz CT molecular complexity index is 798. The summed E-state index contributed by atoms with van der Waals surface area (Å²) >= 11 is 7.73. The third-order valence-electron chi connectivity index (χ3n) is 3.11. The highest BCUT2D eigenvalue weighted by Crippen LogP contribution is 2.31. The van der Waals surface area contributed by atoms with Crippen LogP contribution in [-0.4, -0.2) is 33.1 Å². The average molecular weight is 361 g/mol. The van der Waals surface area contributed by atoms with Crippen molar-refractivity contribution in [1.82, 2.24) is 9.88 Å². The topological polar surface area (TPSA) is 62.3 Å². The van der Waals surface area contributed by atoms with Crippen molar-refractivity contribution in [3.63, 3.8) is 0 Å². The van der Waals surface area contributed by atoms with Gasteiger partial charge in [-0.05, 0) is 23.8 Å². The summed E-state index contributed by atoms with van der Waals surface area (Å²) in [4.78, 5) is 30.1. The molecule has 8 heteroatoms. The summed E-state index contributed by atoms with van der Waals surface area (Å²) < 4.78 is 0.542. The van der Waals surface area contributed by atoms with E-state index in [1.54, 1.807) is 49.0 Å². The summed E-state index contributed by atoms with van der Waals surface area (Å²) in [5.74, 6) is -0.322. The van der Waals surface area contributed by atoms with E-state index in [1.165, 1.54) is 28.0 Å². The monoisotopic (exact) mass is 361 g/mol. The van der Waals surface area contributed by atoms with Crippen LogP contribution in [0.4, 0.5) is 5.13 Å². The molecule has 1 aromatic heterocycles. The average Bonchev–Trinajstić information content (AvgIpc) is 3.13. The zero-order valence-corrected chi connectivity index (χ0v) is 14.4. The quantitative estimate of drug-likeness (QED) is 0.672. The summed E-state index contributed by atoms with van der Waals surface area (Å²) in [5, 5.41) is 5.08. The number of rotatable bonds is 3. The Balaban J connectivity index is 1.74. The lowest BCUT2D eigenvalue weighted by Gasteiger charge is -2.04. The number of anilines is 1. The molecule has 1 N–H and O–H groups in total. The number of hydrogen-bond acceptors (Lipinski definition) is 6. The van der Waals surface area contributed by atoms with E-state index in [4.69, 9.17) is 12.2 Å². The standard InChI is InChI=1S/C15H11N3O2S3/c1-18-13(20)11(23-15(18)21)8-9-2-4-10(5-3-9)12(19)17-14-16-6-7-22-14/h2-8H,1H3,(H,16,17,19). The summed E-state index contributed by atoms with van der Waals surface area (Å²) in [6.45, 7) is 0. The van der Waals surface area contributed by atoms with Gasteiger partial charge in [0.05, 0.1) is 4.91 Å². The molecule has 1 aliphatic rings. The fourth-order valence-electron chi connectivity index (χ4n) is 1.88. The lowest BCUT2D eigenvalue weighted by molar-refractivity contribution is -0.121. The van der Waals surface area contributed by atoms with Gasteiger partial charge < -0.3 is 0 Å². The Labute approximate surface area is 146 Å². The number of nitrogens with zero attached hydrogens (tertiary/aromatic N) is 2. The highest BCUT2D eigenvalue weighted by atomic mass is 32.2. The second-order valence-corrected chi connectivity index (χ2v) is 7.22. The number of thioether (sulfide) groups is 1. The molecule has 0 bridgehead atoms. The smallest absolute Gasteiger partial charge is 0.265 e. The number of benzene rings is 1.